The first-order valence-electron chi connectivity index (χ1n) is 5.73. The summed E-state index contributed by atoms with van der Waals surface area (Å²) >= 11 is 0. The lowest BCUT2D eigenvalue weighted by Gasteiger charge is -2.28. The number of non-ortho nitro benzene ring substituents is 1. The van der Waals surface area contributed by atoms with Crippen molar-refractivity contribution in [3.8, 4) is 0 Å². The first-order chi connectivity index (χ1) is 8.15. The highest BCUT2D eigenvalue weighted by Gasteiger charge is 2.18. The Morgan fingerprint density at radius 1 is 1.59 bits per heavy atom. The predicted octanol–water partition coefficient (Wildman–Crippen LogP) is 1.51. The molecule has 5 heteroatoms. The van der Waals surface area contributed by atoms with Crippen LogP contribution in [-0.2, 0) is 11.2 Å². The van der Waals surface area contributed by atoms with E-state index in [2.05, 4.69) is 12.2 Å². The fourth-order valence-corrected chi connectivity index (χ4v) is 1.92. The zero-order valence-electron chi connectivity index (χ0n) is 9.76. The summed E-state index contributed by atoms with van der Waals surface area (Å²) in [7, 11) is 0. The Bertz CT molecular complexity index is 400. The van der Waals surface area contributed by atoms with Crippen LogP contribution < -0.4 is 5.32 Å². The maximum absolute atomic E-state index is 10.7. The lowest BCUT2D eigenvalue weighted by Crippen LogP contribution is -2.45. The molecule has 2 unspecified atom stereocenters. The quantitative estimate of drug-likeness (QED) is 0.638. The van der Waals surface area contributed by atoms with Crippen molar-refractivity contribution in [3.63, 3.8) is 0 Å². The summed E-state index contributed by atoms with van der Waals surface area (Å²) in [6.45, 7) is 3.56. The van der Waals surface area contributed by atoms with Crippen LogP contribution in [0.4, 0.5) is 5.69 Å². The number of nitro benzene ring substituents is 1. The van der Waals surface area contributed by atoms with E-state index >= 15 is 0 Å². The molecule has 0 aromatic heterocycles. The van der Waals surface area contributed by atoms with Gasteiger partial charge in [0.2, 0.25) is 0 Å². The molecule has 0 aliphatic carbocycles. The van der Waals surface area contributed by atoms with E-state index in [1.807, 2.05) is 6.07 Å². The highest BCUT2D eigenvalue weighted by atomic mass is 16.6. The van der Waals surface area contributed by atoms with Gasteiger partial charge in [-0.1, -0.05) is 12.1 Å². The van der Waals surface area contributed by atoms with Crippen LogP contribution in [0.15, 0.2) is 24.3 Å². The maximum Gasteiger partial charge on any atom is 0.269 e. The van der Waals surface area contributed by atoms with Gasteiger partial charge in [0, 0.05) is 31.1 Å². The topological polar surface area (TPSA) is 64.4 Å². The summed E-state index contributed by atoms with van der Waals surface area (Å²) in [5, 5.41) is 14.0. The van der Waals surface area contributed by atoms with E-state index in [1.54, 1.807) is 12.1 Å². The minimum Gasteiger partial charge on any atom is -0.375 e. The van der Waals surface area contributed by atoms with E-state index in [4.69, 9.17) is 4.74 Å². The van der Waals surface area contributed by atoms with Gasteiger partial charge in [-0.05, 0) is 12.5 Å². The summed E-state index contributed by atoms with van der Waals surface area (Å²) in [5.74, 6) is 0. The fraction of sp³-hybridized carbons (Fsp3) is 0.500. The molecular weight excluding hydrogens is 220 g/mol. The van der Waals surface area contributed by atoms with Crippen LogP contribution in [0, 0.1) is 10.1 Å². The van der Waals surface area contributed by atoms with Gasteiger partial charge in [0.05, 0.1) is 17.6 Å². The molecule has 1 fully saturated rings. The zero-order valence-corrected chi connectivity index (χ0v) is 9.76. The molecule has 1 aliphatic rings. The number of nitrogens with one attached hydrogen (secondary N) is 1. The van der Waals surface area contributed by atoms with Crippen LogP contribution in [0.5, 0.6) is 0 Å². The third-order valence-corrected chi connectivity index (χ3v) is 2.86. The van der Waals surface area contributed by atoms with Gasteiger partial charge in [0.25, 0.3) is 5.69 Å². The Balaban J connectivity index is 1.98. The first kappa shape index (κ1) is 12.0. The molecule has 0 bridgehead atoms. The summed E-state index contributed by atoms with van der Waals surface area (Å²) in [6, 6.07) is 7.12. The van der Waals surface area contributed by atoms with E-state index < -0.39 is 0 Å². The number of benzene rings is 1. The molecule has 1 aromatic rings. The number of hydrogen-bond donors (Lipinski definition) is 1. The van der Waals surface area contributed by atoms with Gasteiger partial charge >= 0.3 is 0 Å². The molecule has 1 N–H and O–H groups in total. The summed E-state index contributed by atoms with van der Waals surface area (Å²) in [6.07, 6.45) is 0.815. The Kier molecular flexibility index (Phi) is 3.71. The van der Waals surface area contributed by atoms with Gasteiger partial charge in [0.15, 0.2) is 0 Å². The van der Waals surface area contributed by atoms with Crippen LogP contribution in [0.2, 0.25) is 0 Å². The molecule has 0 amide bonds. The first-order valence-corrected chi connectivity index (χ1v) is 5.73. The number of rotatable bonds is 3. The molecule has 2 rings (SSSR count). The SMILES string of the molecule is CC1COC(Cc2cccc([N+](=O)[O-])c2)CN1. The molecule has 5 nitrogen and oxygen atoms in total. The highest BCUT2D eigenvalue weighted by Crippen LogP contribution is 2.16. The molecule has 92 valence electrons. The van der Waals surface area contributed by atoms with Crippen LogP contribution in [0.3, 0.4) is 0 Å². The van der Waals surface area contributed by atoms with Gasteiger partial charge in [-0.3, -0.25) is 10.1 Å². The van der Waals surface area contributed by atoms with Crippen molar-refractivity contribution in [1.29, 1.82) is 0 Å². The molecule has 17 heavy (non-hydrogen) atoms. The van der Waals surface area contributed by atoms with E-state index in [-0.39, 0.29) is 16.7 Å². The molecule has 0 spiro atoms. The monoisotopic (exact) mass is 236 g/mol. The largest absolute Gasteiger partial charge is 0.375 e. The molecule has 1 heterocycles. The average molecular weight is 236 g/mol. The normalized spacial score (nSPS) is 24.5. The number of nitrogens with zero attached hydrogens (tertiary/aromatic N) is 1. The van der Waals surface area contributed by atoms with Gasteiger partial charge < -0.3 is 10.1 Å². The van der Waals surface area contributed by atoms with Gasteiger partial charge in [-0.2, -0.15) is 0 Å². The van der Waals surface area contributed by atoms with Crippen LogP contribution in [0.25, 0.3) is 0 Å². The number of ether oxygens (including phenoxy) is 1. The Hall–Kier alpha value is -1.46. The zero-order chi connectivity index (χ0) is 12.3. The molecule has 0 saturated carbocycles. The van der Waals surface area contributed by atoms with Crippen molar-refractivity contribution in [3.05, 3.63) is 39.9 Å². The summed E-state index contributed by atoms with van der Waals surface area (Å²) in [5.41, 5.74) is 1.08. The maximum atomic E-state index is 10.7. The van der Waals surface area contributed by atoms with Crippen molar-refractivity contribution in [2.24, 2.45) is 0 Å². The van der Waals surface area contributed by atoms with E-state index in [0.717, 1.165) is 12.1 Å². The van der Waals surface area contributed by atoms with Crippen molar-refractivity contribution < 1.29 is 9.66 Å². The predicted molar refractivity (Wildman–Crippen MR) is 64.0 cm³/mol. The molecule has 1 aromatic carbocycles. The van der Waals surface area contributed by atoms with Crippen molar-refractivity contribution in [2.45, 2.75) is 25.5 Å². The Morgan fingerprint density at radius 2 is 2.41 bits per heavy atom. The second kappa shape index (κ2) is 5.25. The molecule has 1 saturated heterocycles. The molecular formula is C12H16N2O3. The van der Waals surface area contributed by atoms with Crippen LogP contribution >= 0.6 is 0 Å². The standard InChI is InChI=1S/C12H16N2O3/c1-9-8-17-12(7-13-9)6-10-3-2-4-11(5-10)14(15)16/h2-5,9,12-13H,6-8H2,1H3. The highest BCUT2D eigenvalue weighted by molar-refractivity contribution is 5.34. The third kappa shape index (κ3) is 3.25. The second-order valence-electron chi connectivity index (χ2n) is 4.40. The Labute approximate surface area is 99.9 Å². The minimum absolute atomic E-state index is 0.105. The van der Waals surface area contributed by atoms with E-state index in [1.165, 1.54) is 6.07 Å². The molecule has 1 aliphatic heterocycles. The average Bonchev–Trinajstić information content (AvgIpc) is 2.32. The van der Waals surface area contributed by atoms with Gasteiger partial charge in [0.1, 0.15) is 0 Å². The Morgan fingerprint density at radius 3 is 3.06 bits per heavy atom. The van der Waals surface area contributed by atoms with Crippen molar-refractivity contribution in [1.82, 2.24) is 5.32 Å². The smallest absolute Gasteiger partial charge is 0.269 e. The lowest BCUT2D eigenvalue weighted by molar-refractivity contribution is -0.384. The second-order valence-corrected chi connectivity index (χ2v) is 4.40. The molecule has 2 atom stereocenters. The van der Waals surface area contributed by atoms with Crippen LogP contribution in [-0.4, -0.2) is 30.2 Å². The number of nitro groups is 1. The van der Waals surface area contributed by atoms with Crippen molar-refractivity contribution >= 4 is 5.69 Å². The minimum atomic E-state index is -0.369. The summed E-state index contributed by atoms with van der Waals surface area (Å²) < 4.78 is 5.66. The summed E-state index contributed by atoms with van der Waals surface area (Å²) in [4.78, 5) is 10.3. The molecule has 0 radical (unpaired) electrons. The van der Waals surface area contributed by atoms with E-state index in [0.29, 0.717) is 19.1 Å². The van der Waals surface area contributed by atoms with Gasteiger partial charge in [-0.15, -0.1) is 0 Å². The van der Waals surface area contributed by atoms with Gasteiger partial charge in [-0.25, -0.2) is 0 Å². The van der Waals surface area contributed by atoms with Crippen molar-refractivity contribution in [2.75, 3.05) is 13.2 Å². The third-order valence-electron chi connectivity index (χ3n) is 2.86. The lowest BCUT2D eigenvalue weighted by atomic mass is 10.1. The van der Waals surface area contributed by atoms with E-state index in [9.17, 15) is 10.1 Å². The fourth-order valence-electron chi connectivity index (χ4n) is 1.92. The number of hydrogen-bond acceptors (Lipinski definition) is 4. The number of morpholine rings is 1. The van der Waals surface area contributed by atoms with Crippen LogP contribution in [0.1, 0.15) is 12.5 Å².